The van der Waals surface area contributed by atoms with Crippen molar-refractivity contribution in [3.05, 3.63) is 29.7 Å². The molecule has 2 saturated heterocycles. The lowest BCUT2D eigenvalue weighted by molar-refractivity contribution is 0.0773. The fraction of sp³-hybridized carbons (Fsp3) is 0.611. The van der Waals surface area contributed by atoms with Crippen LogP contribution in [-0.4, -0.2) is 78.7 Å². The van der Waals surface area contributed by atoms with E-state index >= 15 is 0 Å². The molecule has 0 amide bonds. The third-order valence-corrected chi connectivity index (χ3v) is 7.14. The van der Waals surface area contributed by atoms with Crippen LogP contribution in [0.2, 0.25) is 0 Å². The van der Waals surface area contributed by atoms with Gasteiger partial charge in [0.1, 0.15) is 10.7 Å². The number of ether oxygens (including phenoxy) is 1. The van der Waals surface area contributed by atoms with Crippen LogP contribution in [0, 0.1) is 6.92 Å². The summed E-state index contributed by atoms with van der Waals surface area (Å²) < 4.78 is 36.1. The van der Waals surface area contributed by atoms with Crippen LogP contribution in [0.15, 0.2) is 23.4 Å². The van der Waals surface area contributed by atoms with E-state index in [1.165, 1.54) is 4.68 Å². The lowest BCUT2D eigenvalue weighted by Crippen LogP contribution is -2.61. The summed E-state index contributed by atoms with van der Waals surface area (Å²) in [4.78, 5) is 9.12. The van der Waals surface area contributed by atoms with Gasteiger partial charge in [0.05, 0.1) is 24.4 Å². The number of likely N-dealkylation sites (N-methyl/N-ethyl adjacent to an activating group) is 1. The molecule has 29 heavy (non-hydrogen) atoms. The van der Waals surface area contributed by atoms with Gasteiger partial charge < -0.3 is 9.64 Å². The predicted molar refractivity (Wildman–Crippen MR) is 107 cm³/mol. The van der Waals surface area contributed by atoms with E-state index in [0.717, 1.165) is 25.1 Å². The van der Waals surface area contributed by atoms with E-state index in [1.54, 1.807) is 25.5 Å². The molecule has 158 valence electrons. The van der Waals surface area contributed by atoms with E-state index in [4.69, 9.17) is 4.74 Å². The van der Waals surface area contributed by atoms with Crippen molar-refractivity contribution in [3.8, 4) is 0 Å². The number of hydrogen-bond donors (Lipinski definition) is 1. The molecule has 0 aliphatic carbocycles. The highest BCUT2D eigenvalue weighted by atomic mass is 32.2. The van der Waals surface area contributed by atoms with E-state index in [-0.39, 0.29) is 17.0 Å². The number of sulfonamides is 1. The first-order valence-corrected chi connectivity index (χ1v) is 11.1. The fourth-order valence-electron chi connectivity index (χ4n) is 3.96. The van der Waals surface area contributed by atoms with Crippen molar-refractivity contribution >= 4 is 15.8 Å². The van der Waals surface area contributed by atoms with E-state index < -0.39 is 10.0 Å². The molecule has 2 fully saturated rings. The topological polar surface area (TPSA) is 105 Å². The maximum absolute atomic E-state index is 13.1. The number of pyridine rings is 1. The van der Waals surface area contributed by atoms with E-state index in [0.29, 0.717) is 31.2 Å². The van der Waals surface area contributed by atoms with Crippen LogP contribution in [-0.2, 0) is 28.4 Å². The minimum absolute atomic E-state index is 0.0735. The highest BCUT2D eigenvalue weighted by molar-refractivity contribution is 7.89. The third kappa shape index (κ3) is 4.00. The highest BCUT2D eigenvalue weighted by Gasteiger charge is 2.44. The van der Waals surface area contributed by atoms with E-state index in [9.17, 15) is 8.42 Å². The molecular weight excluding hydrogens is 394 g/mol. The Morgan fingerprint density at radius 1 is 1.31 bits per heavy atom. The van der Waals surface area contributed by atoms with Crippen molar-refractivity contribution in [2.45, 2.75) is 30.3 Å². The summed E-state index contributed by atoms with van der Waals surface area (Å²) >= 11 is 0. The van der Waals surface area contributed by atoms with Crippen LogP contribution in [0.3, 0.4) is 0 Å². The minimum atomic E-state index is -3.78. The van der Waals surface area contributed by atoms with Crippen molar-refractivity contribution in [3.63, 3.8) is 0 Å². The van der Waals surface area contributed by atoms with Crippen LogP contribution in [0.5, 0.6) is 0 Å². The quantitative estimate of drug-likeness (QED) is 0.714. The Morgan fingerprint density at radius 3 is 2.83 bits per heavy atom. The second-order valence-corrected chi connectivity index (χ2v) is 9.65. The number of aryl methyl sites for hydroxylation is 2. The van der Waals surface area contributed by atoms with Gasteiger partial charge in [0.15, 0.2) is 0 Å². The average molecular weight is 422 g/mol. The van der Waals surface area contributed by atoms with Crippen molar-refractivity contribution in [2.75, 3.05) is 44.8 Å². The van der Waals surface area contributed by atoms with Crippen LogP contribution in [0.1, 0.15) is 17.7 Å². The largest absolute Gasteiger partial charge is 0.379 e. The maximum atomic E-state index is 13.1. The summed E-state index contributed by atoms with van der Waals surface area (Å²) in [7, 11) is 0.0691. The Hall–Kier alpha value is -2.08. The number of aromatic nitrogens is 4. The number of nitrogens with one attached hydrogen (secondary N) is 1. The normalized spacial score (nSPS) is 23.2. The first-order valence-electron chi connectivity index (χ1n) is 9.65. The number of rotatable bonds is 5. The average Bonchev–Trinajstić information content (AvgIpc) is 3.32. The lowest BCUT2D eigenvalue weighted by Gasteiger charge is -2.47. The third-order valence-electron chi connectivity index (χ3n) is 5.73. The summed E-state index contributed by atoms with van der Waals surface area (Å²) in [5, 5.41) is 7.78. The van der Waals surface area contributed by atoms with Crippen molar-refractivity contribution in [2.24, 2.45) is 7.05 Å². The smallest absolute Gasteiger partial charge is 0.244 e. The monoisotopic (exact) mass is 421 g/mol. The van der Waals surface area contributed by atoms with Crippen LogP contribution in [0.4, 0.5) is 5.82 Å². The number of nitrogens with zero attached hydrogens (tertiary/aromatic N) is 6. The predicted octanol–water partition coefficient (Wildman–Crippen LogP) is -0.0921. The van der Waals surface area contributed by atoms with Gasteiger partial charge in [-0.2, -0.15) is 0 Å². The molecule has 2 aliphatic rings. The Morgan fingerprint density at radius 2 is 2.14 bits per heavy atom. The summed E-state index contributed by atoms with van der Waals surface area (Å²) in [6.07, 6.45) is 4.33. The van der Waals surface area contributed by atoms with Crippen molar-refractivity contribution in [1.29, 1.82) is 0 Å². The molecule has 1 N–H and O–H groups in total. The van der Waals surface area contributed by atoms with E-state index in [2.05, 4.69) is 36.9 Å². The molecule has 4 heterocycles. The maximum Gasteiger partial charge on any atom is 0.244 e. The zero-order valence-corrected chi connectivity index (χ0v) is 17.8. The van der Waals surface area contributed by atoms with Crippen molar-refractivity contribution in [1.82, 2.24) is 29.6 Å². The van der Waals surface area contributed by atoms with Gasteiger partial charge in [-0.15, -0.1) is 5.10 Å². The van der Waals surface area contributed by atoms with Gasteiger partial charge in [-0.1, -0.05) is 5.21 Å². The van der Waals surface area contributed by atoms with Crippen LogP contribution < -0.4 is 9.62 Å². The Kier molecular flexibility index (Phi) is 5.32. The zero-order chi connectivity index (χ0) is 20.6. The Balaban J connectivity index is 1.61. The van der Waals surface area contributed by atoms with Crippen LogP contribution in [0.25, 0.3) is 0 Å². The second kappa shape index (κ2) is 7.63. The van der Waals surface area contributed by atoms with Crippen LogP contribution >= 0.6 is 0 Å². The standard InChI is InChI=1S/C18H27N7O3S/c1-14-8-16(29(26,27)20-10-15-11-24(3)22-21-15)17(19-9-14)25-6-5-23(2)18(12-25)4-7-28-13-18/h8-9,11,20H,4-7,10,12-13H2,1-3H3. The SMILES string of the molecule is Cc1cnc(N2CCN(C)C3(CCOC3)C2)c(S(=O)(=O)NCc2cn(C)nn2)c1. The van der Waals surface area contributed by atoms with Gasteiger partial charge in [-0.3, -0.25) is 9.58 Å². The molecule has 0 saturated carbocycles. The van der Waals surface area contributed by atoms with Gasteiger partial charge in [-0.05, 0) is 32.0 Å². The Bertz CT molecular complexity index is 985. The molecule has 0 aromatic carbocycles. The number of anilines is 1. The van der Waals surface area contributed by atoms with Gasteiger partial charge >= 0.3 is 0 Å². The molecule has 11 heteroatoms. The summed E-state index contributed by atoms with van der Waals surface area (Å²) in [5.41, 5.74) is 1.25. The van der Waals surface area contributed by atoms with Gasteiger partial charge in [0, 0.05) is 45.7 Å². The Labute approximate surface area is 170 Å². The molecule has 0 bridgehead atoms. The number of hydrogen-bond acceptors (Lipinski definition) is 8. The molecule has 0 radical (unpaired) electrons. The summed E-state index contributed by atoms with van der Waals surface area (Å²) in [5.74, 6) is 0.488. The number of piperazine rings is 1. The first-order chi connectivity index (χ1) is 13.8. The summed E-state index contributed by atoms with van der Waals surface area (Å²) in [6, 6.07) is 1.68. The molecule has 2 aliphatic heterocycles. The molecule has 2 aromatic heterocycles. The first kappa shape index (κ1) is 20.2. The van der Waals surface area contributed by atoms with Gasteiger partial charge in [0.2, 0.25) is 10.0 Å². The minimum Gasteiger partial charge on any atom is -0.379 e. The van der Waals surface area contributed by atoms with Gasteiger partial charge in [-0.25, -0.2) is 18.1 Å². The molecular formula is C18H27N7O3S. The second-order valence-electron chi connectivity index (χ2n) is 7.91. The molecule has 1 spiro atoms. The molecule has 4 rings (SSSR count). The lowest BCUT2D eigenvalue weighted by atomic mass is 9.93. The fourth-order valence-corrected chi connectivity index (χ4v) is 5.22. The van der Waals surface area contributed by atoms with Crippen molar-refractivity contribution < 1.29 is 13.2 Å². The molecule has 10 nitrogen and oxygen atoms in total. The van der Waals surface area contributed by atoms with E-state index in [1.807, 2.05) is 6.92 Å². The molecule has 1 unspecified atom stereocenters. The highest BCUT2D eigenvalue weighted by Crippen LogP contribution is 2.33. The summed E-state index contributed by atoms with van der Waals surface area (Å²) in [6.45, 7) is 5.51. The zero-order valence-electron chi connectivity index (χ0n) is 17.0. The molecule has 2 aromatic rings. The molecule has 1 atom stereocenters. The van der Waals surface area contributed by atoms with Gasteiger partial charge in [0.25, 0.3) is 0 Å².